The third kappa shape index (κ3) is 3.82. The molecule has 1 atom stereocenters. The zero-order valence-corrected chi connectivity index (χ0v) is 14.1. The molecule has 8 nitrogen and oxygen atoms in total. The number of aromatic nitrogens is 4. The Bertz CT molecular complexity index is 704. The highest BCUT2D eigenvalue weighted by Crippen LogP contribution is 2.20. The zero-order chi connectivity index (χ0) is 16.9. The Morgan fingerprint density at radius 1 is 1.46 bits per heavy atom. The van der Waals surface area contributed by atoms with Gasteiger partial charge in [-0.15, -0.1) is 0 Å². The van der Waals surface area contributed by atoms with E-state index >= 15 is 0 Å². The minimum Gasteiger partial charge on any atom is -0.383 e. The largest absolute Gasteiger partial charge is 0.383 e. The van der Waals surface area contributed by atoms with Crippen molar-refractivity contribution in [2.75, 3.05) is 31.7 Å². The molecule has 2 aromatic heterocycles. The van der Waals surface area contributed by atoms with Crippen LogP contribution in [0.15, 0.2) is 29.5 Å². The van der Waals surface area contributed by atoms with Crippen LogP contribution in [0.25, 0.3) is 0 Å². The van der Waals surface area contributed by atoms with Crippen molar-refractivity contribution < 1.29 is 4.74 Å². The van der Waals surface area contributed by atoms with E-state index in [0.717, 1.165) is 37.4 Å². The second-order valence-corrected chi connectivity index (χ2v) is 6.08. The van der Waals surface area contributed by atoms with E-state index in [9.17, 15) is 4.79 Å². The average Bonchev–Trinajstić information content (AvgIpc) is 3.01. The van der Waals surface area contributed by atoms with Crippen LogP contribution in [-0.4, -0.2) is 52.6 Å². The van der Waals surface area contributed by atoms with Gasteiger partial charge in [-0.25, -0.2) is 4.98 Å². The number of methoxy groups -OCH3 is 1. The average molecular weight is 332 g/mol. The van der Waals surface area contributed by atoms with Crippen LogP contribution in [0.2, 0.25) is 0 Å². The summed E-state index contributed by atoms with van der Waals surface area (Å²) in [7, 11) is 3.66. The van der Waals surface area contributed by atoms with Gasteiger partial charge in [0.2, 0.25) is 0 Å². The summed E-state index contributed by atoms with van der Waals surface area (Å²) < 4.78 is 7.25. The molecular formula is C16H24N6O2. The highest BCUT2D eigenvalue weighted by atomic mass is 16.5. The summed E-state index contributed by atoms with van der Waals surface area (Å²) in [6.45, 7) is 2.35. The first-order chi connectivity index (χ1) is 11.7. The Morgan fingerprint density at radius 3 is 2.88 bits per heavy atom. The summed E-state index contributed by atoms with van der Waals surface area (Å²) in [5, 5.41) is 7.93. The second-order valence-electron chi connectivity index (χ2n) is 6.08. The number of nitrogens with one attached hydrogen (secondary N) is 2. The maximum Gasteiger partial charge on any atom is 0.252 e. The molecule has 24 heavy (non-hydrogen) atoms. The highest BCUT2D eigenvalue weighted by molar-refractivity contribution is 5.37. The van der Waals surface area contributed by atoms with Gasteiger partial charge in [0, 0.05) is 45.6 Å². The number of aryl methyl sites for hydroxylation is 1. The molecule has 2 N–H and O–H groups in total. The minimum absolute atomic E-state index is 0.114. The molecule has 0 radical (unpaired) electrons. The van der Waals surface area contributed by atoms with Gasteiger partial charge in [-0.2, -0.15) is 5.10 Å². The molecule has 1 saturated heterocycles. The Kier molecular flexibility index (Phi) is 5.27. The predicted octanol–water partition coefficient (Wildman–Crippen LogP) is 0.450. The lowest BCUT2D eigenvalue weighted by molar-refractivity contribution is 0.154. The first kappa shape index (κ1) is 16.7. The molecule has 130 valence electrons. The smallest absolute Gasteiger partial charge is 0.252 e. The summed E-state index contributed by atoms with van der Waals surface area (Å²) >= 11 is 0. The third-order valence-electron chi connectivity index (χ3n) is 4.47. The van der Waals surface area contributed by atoms with E-state index in [1.54, 1.807) is 19.4 Å². The number of hydrogen-bond acceptors (Lipinski definition) is 6. The maximum atomic E-state index is 11.4. The quantitative estimate of drug-likeness (QED) is 0.798. The van der Waals surface area contributed by atoms with Crippen LogP contribution in [0.1, 0.15) is 24.6 Å². The Labute approximate surface area is 140 Å². The van der Waals surface area contributed by atoms with E-state index in [1.807, 2.05) is 17.8 Å². The summed E-state index contributed by atoms with van der Waals surface area (Å²) in [6, 6.07) is 4.10. The van der Waals surface area contributed by atoms with Crippen LogP contribution < -0.4 is 15.8 Å². The van der Waals surface area contributed by atoms with Crippen molar-refractivity contribution in [1.82, 2.24) is 25.1 Å². The fraction of sp³-hybridized carbons (Fsp3) is 0.562. The van der Waals surface area contributed by atoms with Crippen LogP contribution in [0.4, 0.5) is 5.82 Å². The fourth-order valence-corrected chi connectivity index (χ4v) is 3.20. The first-order valence-electron chi connectivity index (χ1n) is 8.20. The van der Waals surface area contributed by atoms with Gasteiger partial charge < -0.3 is 19.9 Å². The van der Waals surface area contributed by atoms with E-state index in [-0.39, 0.29) is 11.6 Å². The van der Waals surface area contributed by atoms with Gasteiger partial charge in [0.25, 0.3) is 5.56 Å². The van der Waals surface area contributed by atoms with Crippen molar-refractivity contribution >= 4 is 5.82 Å². The lowest BCUT2D eigenvalue weighted by atomic mass is 10.0. The number of nitrogens with zero attached hydrogens (tertiary/aromatic N) is 4. The number of hydrogen-bond donors (Lipinski definition) is 2. The molecule has 1 aliphatic rings. The van der Waals surface area contributed by atoms with Crippen LogP contribution in [0, 0.1) is 0 Å². The molecule has 1 fully saturated rings. The van der Waals surface area contributed by atoms with E-state index in [2.05, 4.69) is 25.3 Å². The van der Waals surface area contributed by atoms with Gasteiger partial charge in [0.05, 0.1) is 24.7 Å². The van der Waals surface area contributed by atoms with Crippen molar-refractivity contribution in [3.63, 3.8) is 0 Å². The molecule has 3 rings (SSSR count). The maximum absolute atomic E-state index is 11.4. The van der Waals surface area contributed by atoms with Crippen molar-refractivity contribution in [2.45, 2.75) is 24.9 Å². The highest BCUT2D eigenvalue weighted by Gasteiger charge is 2.24. The van der Waals surface area contributed by atoms with Crippen molar-refractivity contribution in [1.29, 1.82) is 0 Å². The van der Waals surface area contributed by atoms with Gasteiger partial charge in [-0.3, -0.25) is 9.48 Å². The molecule has 3 heterocycles. The summed E-state index contributed by atoms with van der Waals surface area (Å²) in [6.07, 6.45) is 5.25. The number of rotatable bonds is 6. The van der Waals surface area contributed by atoms with Crippen LogP contribution in [0.3, 0.4) is 0 Å². The van der Waals surface area contributed by atoms with E-state index in [0.29, 0.717) is 12.6 Å². The number of ether oxygens (including phenoxy) is 1. The van der Waals surface area contributed by atoms with Gasteiger partial charge in [-0.1, -0.05) is 0 Å². The monoisotopic (exact) mass is 332 g/mol. The third-order valence-corrected chi connectivity index (χ3v) is 4.47. The molecular weight excluding hydrogens is 308 g/mol. The number of anilines is 1. The molecule has 1 unspecified atom stereocenters. The van der Waals surface area contributed by atoms with Crippen molar-refractivity contribution in [3.05, 3.63) is 40.7 Å². The van der Waals surface area contributed by atoms with Crippen LogP contribution >= 0.6 is 0 Å². The van der Waals surface area contributed by atoms with Crippen molar-refractivity contribution in [2.24, 2.45) is 7.05 Å². The molecule has 0 amide bonds. The Morgan fingerprint density at radius 2 is 2.25 bits per heavy atom. The Hall–Kier alpha value is -2.19. The van der Waals surface area contributed by atoms with E-state index in [4.69, 9.17) is 4.74 Å². The molecule has 8 heteroatoms. The predicted molar refractivity (Wildman–Crippen MR) is 91.1 cm³/mol. The van der Waals surface area contributed by atoms with Gasteiger partial charge in [0.1, 0.15) is 5.82 Å². The zero-order valence-electron chi connectivity index (χ0n) is 14.1. The lowest BCUT2D eigenvalue weighted by Crippen LogP contribution is -2.45. The second kappa shape index (κ2) is 7.59. The van der Waals surface area contributed by atoms with Gasteiger partial charge >= 0.3 is 0 Å². The molecule has 0 saturated carbocycles. The minimum atomic E-state index is -0.114. The van der Waals surface area contributed by atoms with Crippen LogP contribution in [0.5, 0.6) is 0 Å². The summed E-state index contributed by atoms with van der Waals surface area (Å²) in [4.78, 5) is 20.4. The van der Waals surface area contributed by atoms with E-state index < -0.39 is 0 Å². The number of piperidine rings is 1. The molecule has 0 aromatic carbocycles. The van der Waals surface area contributed by atoms with Gasteiger partial charge in [-0.05, 0) is 18.9 Å². The molecule has 2 aromatic rings. The number of H-pyrrole nitrogens is 1. The number of aromatic amines is 1. The Balaban J connectivity index is 1.59. The first-order valence-corrected chi connectivity index (χ1v) is 8.20. The molecule has 1 aliphatic heterocycles. The molecule has 0 spiro atoms. The summed E-state index contributed by atoms with van der Waals surface area (Å²) in [5.41, 5.74) is 1.01. The standard InChI is InChI=1S/C16H24N6O2/c1-21-14(3-6-19-21)13(10-24-2)20-12-4-7-22(8-5-12)15-9-16(23)18-11-17-15/h3,6,9,11-13,20H,4-5,7-8,10H2,1-2H3,(H,17,18,23). The fourth-order valence-electron chi connectivity index (χ4n) is 3.20. The SMILES string of the molecule is COCC(NC1CCN(c2cc(=O)[nH]cn2)CC1)c1ccnn1C. The summed E-state index contributed by atoms with van der Waals surface area (Å²) in [5.74, 6) is 0.747. The van der Waals surface area contributed by atoms with Gasteiger partial charge in [0.15, 0.2) is 0 Å². The van der Waals surface area contributed by atoms with Crippen LogP contribution in [-0.2, 0) is 11.8 Å². The topological polar surface area (TPSA) is 88.1 Å². The lowest BCUT2D eigenvalue weighted by Gasteiger charge is -2.35. The molecule has 0 aliphatic carbocycles. The van der Waals surface area contributed by atoms with Crippen molar-refractivity contribution in [3.8, 4) is 0 Å². The normalized spacial score (nSPS) is 17.2. The molecule has 0 bridgehead atoms. The van der Waals surface area contributed by atoms with E-state index in [1.165, 1.54) is 6.33 Å².